The molecule has 1 aromatic rings. The number of nitrogens with two attached hydrogens (primary N) is 1. The van der Waals surface area contributed by atoms with Crippen molar-refractivity contribution in [2.75, 3.05) is 6.54 Å². The Morgan fingerprint density at radius 1 is 1.42 bits per heavy atom. The molecular weight excluding hydrogens is 252 g/mol. The van der Waals surface area contributed by atoms with Crippen LogP contribution in [0.1, 0.15) is 25.3 Å². The highest BCUT2D eigenvalue weighted by molar-refractivity contribution is 5.70. The van der Waals surface area contributed by atoms with Gasteiger partial charge in [-0.25, -0.2) is 8.78 Å². The highest BCUT2D eigenvalue weighted by Gasteiger charge is 2.19. The van der Waals surface area contributed by atoms with Gasteiger partial charge in [0.25, 0.3) is 0 Å². The number of aliphatic carboxylic acids is 1. The van der Waals surface area contributed by atoms with E-state index in [9.17, 15) is 13.6 Å². The van der Waals surface area contributed by atoms with Crippen LogP contribution >= 0.6 is 0 Å². The van der Waals surface area contributed by atoms with Crippen LogP contribution in [0.5, 0.6) is 0 Å². The quantitative estimate of drug-likeness (QED) is 0.801. The summed E-state index contributed by atoms with van der Waals surface area (Å²) in [6.45, 7) is 1.98. The van der Waals surface area contributed by atoms with Crippen LogP contribution in [0.3, 0.4) is 0 Å². The molecule has 0 aliphatic carbocycles. The average molecular weight is 271 g/mol. The van der Waals surface area contributed by atoms with Gasteiger partial charge >= 0.3 is 5.97 Å². The lowest BCUT2D eigenvalue weighted by atomic mass is 9.91. The normalized spacial score (nSPS) is 14.1. The largest absolute Gasteiger partial charge is 0.481 e. The van der Waals surface area contributed by atoms with Crippen LogP contribution in [0.4, 0.5) is 8.78 Å². The van der Waals surface area contributed by atoms with Gasteiger partial charge in [-0.05, 0) is 36.8 Å². The van der Waals surface area contributed by atoms with Crippen molar-refractivity contribution in [2.24, 2.45) is 17.6 Å². The van der Waals surface area contributed by atoms with Gasteiger partial charge in [0.05, 0.1) is 5.92 Å². The Labute approximate surface area is 111 Å². The van der Waals surface area contributed by atoms with Crippen molar-refractivity contribution in [1.29, 1.82) is 0 Å². The van der Waals surface area contributed by atoms with Crippen LogP contribution in [0, 0.1) is 23.5 Å². The third-order valence-corrected chi connectivity index (χ3v) is 3.26. The van der Waals surface area contributed by atoms with E-state index >= 15 is 0 Å². The summed E-state index contributed by atoms with van der Waals surface area (Å²) in [6, 6.07) is 4.10. The third kappa shape index (κ3) is 4.59. The molecule has 0 spiro atoms. The van der Waals surface area contributed by atoms with Gasteiger partial charge in [-0.3, -0.25) is 4.79 Å². The molecule has 3 nitrogen and oxygen atoms in total. The SMILES string of the molecule is CC(CCc1cccc(F)c1F)CC(CN)C(=O)O. The lowest BCUT2D eigenvalue weighted by Crippen LogP contribution is -2.25. The molecule has 106 valence electrons. The number of carboxylic acids is 1. The van der Waals surface area contributed by atoms with Gasteiger partial charge in [0.1, 0.15) is 0 Å². The lowest BCUT2D eigenvalue weighted by molar-refractivity contribution is -0.141. The maximum absolute atomic E-state index is 13.4. The van der Waals surface area contributed by atoms with Crippen molar-refractivity contribution in [1.82, 2.24) is 0 Å². The van der Waals surface area contributed by atoms with Crippen molar-refractivity contribution in [3.8, 4) is 0 Å². The number of carboxylic acid groups (broad SMARTS) is 1. The summed E-state index contributed by atoms with van der Waals surface area (Å²) < 4.78 is 26.4. The van der Waals surface area contributed by atoms with Crippen molar-refractivity contribution in [3.63, 3.8) is 0 Å². The van der Waals surface area contributed by atoms with Gasteiger partial charge in [-0.1, -0.05) is 19.1 Å². The van der Waals surface area contributed by atoms with E-state index in [1.165, 1.54) is 6.07 Å². The van der Waals surface area contributed by atoms with Gasteiger partial charge in [0, 0.05) is 6.54 Å². The Kier molecular flexibility index (Phi) is 5.89. The predicted octanol–water partition coefficient (Wildman–Crippen LogP) is 2.58. The van der Waals surface area contributed by atoms with E-state index < -0.39 is 23.5 Å². The maximum atomic E-state index is 13.4. The fourth-order valence-corrected chi connectivity index (χ4v) is 2.04. The van der Waals surface area contributed by atoms with Gasteiger partial charge in [0.2, 0.25) is 0 Å². The number of hydrogen-bond donors (Lipinski definition) is 2. The molecule has 0 aliphatic rings. The smallest absolute Gasteiger partial charge is 0.307 e. The summed E-state index contributed by atoms with van der Waals surface area (Å²) >= 11 is 0. The molecule has 0 saturated heterocycles. The number of aryl methyl sites for hydroxylation is 1. The van der Waals surface area contributed by atoms with E-state index in [-0.39, 0.29) is 12.5 Å². The number of halogens is 2. The summed E-state index contributed by atoms with van der Waals surface area (Å²) in [5.74, 6) is -3.07. The summed E-state index contributed by atoms with van der Waals surface area (Å²) in [5, 5.41) is 8.90. The van der Waals surface area contributed by atoms with E-state index in [1.54, 1.807) is 6.07 Å². The second-order valence-electron chi connectivity index (χ2n) is 4.86. The number of rotatable bonds is 7. The maximum Gasteiger partial charge on any atom is 0.307 e. The molecule has 2 unspecified atom stereocenters. The molecule has 5 heteroatoms. The Bertz CT molecular complexity index is 437. The zero-order chi connectivity index (χ0) is 14.4. The third-order valence-electron chi connectivity index (χ3n) is 3.26. The molecule has 0 heterocycles. The van der Waals surface area contributed by atoms with Crippen LogP contribution in [0.2, 0.25) is 0 Å². The van der Waals surface area contributed by atoms with E-state index in [4.69, 9.17) is 10.8 Å². The standard InChI is InChI=1S/C14H19F2NO2/c1-9(7-11(8-17)14(18)19)5-6-10-3-2-4-12(15)13(10)16/h2-4,9,11H,5-8,17H2,1H3,(H,18,19). The van der Waals surface area contributed by atoms with Crippen molar-refractivity contribution < 1.29 is 18.7 Å². The first-order chi connectivity index (χ1) is 8.95. The molecule has 0 aromatic heterocycles. The Balaban J connectivity index is 2.52. The van der Waals surface area contributed by atoms with E-state index in [0.717, 1.165) is 6.07 Å². The minimum Gasteiger partial charge on any atom is -0.481 e. The number of hydrogen-bond acceptors (Lipinski definition) is 2. The van der Waals surface area contributed by atoms with Crippen LogP contribution in [0.25, 0.3) is 0 Å². The predicted molar refractivity (Wildman–Crippen MR) is 68.6 cm³/mol. The van der Waals surface area contributed by atoms with Crippen LogP contribution in [-0.4, -0.2) is 17.6 Å². The molecule has 1 rings (SSSR count). The molecule has 0 saturated carbocycles. The second kappa shape index (κ2) is 7.19. The number of benzene rings is 1. The summed E-state index contributed by atoms with van der Waals surface area (Å²) in [6.07, 6.45) is 1.44. The first-order valence-corrected chi connectivity index (χ1v) is 6.31. The van der Waals surface area contributed by atoms with Crippen molar-refractivity contribution in [3.05, 3.63) is 35.4 Å². The molecule has 0 aliphatic heterocycles. The summed E-state index contributed by atoms with van der Waals surface area (Å²) in [4.78, 5) is 10.8. The van der Waals surface area contributed by atoms with Crippen molar-refractivity contribution >= 4 is 5.97 Å². The monoisotopic (exact) mass is 271 g/mol. The number of carbonyl (C=O) groups is 1. The van der Waals surface area contributed by atoms with Crippen molar-refractivity contribution in [2.45, 2.75) is 26.2 Å². The zero-order valence-corrected chi connectivity index (χ0v) is 10.9. The minimum absolute atomic E-state index is 0.0901. The first-order valence-electron chi connectivity index (χ1n) is 6.31. The Morgan fingerprint density at radius 2 is 2.11 bits per heavy atom. The topological polar surface area (TPSA) is 63.3 Å². The molecule has 0 radical (unpaired) electrons. The van der Waals surface area contributed by atoms with Gasteiger partial charge in [-0.15, -0.1) is 0 Å². The highest BCUT2D eigenvalue weighted by Crippen LogP contribution is 2.20. The average Bonchev–Trinajstić information content (AvgIpc) is 2.37. The molecule has 0 amide bonds. The molecule has 2 atom stereocenters. The zero-order valence-electron chi connectivity index (χ0n) is 10.9. The van der Waals surface area contributed by atoms with Crippen LogP contribution in [0.15, 0.2) is 18.2 Å². The molecular formula is C14H19F2NO2. The molecule has 3 N–H and O–H groups in total. The first kappa shape index (κ1) is 15.6. The van der Waals surface area contributed by atoms with Gasteiger partial charge < -0.3 is 10.8 Å². The fraction of sp³-hybridized carbons (Fsp3) is 0.500. The van der Waals surface area contributed by atoms with Crippen LogP contribution < -0.4 is 5.73 Å². The summed E-state index contributed by atoms with van der Waals surface area (Å²) in [5.41, 5.74) is 5.71. The molecule has 0 fully saturated rings. The van der Waals surface area contributed by atoms with E-state index in [1.807, 2.05) is 6.92 Å². The van der Waals surface area contributed by atoms with Gasteiger partial charge in [-0.2, -0.15) is 0 Å². The second-order valence-corrected chi connectivity index (χ2v) is 4.86. The van der Waals surface area contributed by atoms with E-state index in [2.05, 4.69) is 0 Å². The minimum atomic E-state index is -0.911. The summed E-state index contributed by atoms with van der Waals surface area (Å²) in [7, 11) is 0. The molecule has 1 aromatic carbocycles. The van der Waals surface area contributed by atoms with E-state index in [0.29, 0.717) is 24.8 Å². The fourth-order valence-electron chi connectivity index (χ4n) is 2.04. The molecule has 19 heavy (non-hydrogen) atoms. The molecule has 0 bridgehead atoms. The lowest BCUT2D eigenvalue weighted by Gasteiger charge is -2.16. The Morgan fingerprint density at radius 3 is 2.68 bits per heavy atom. The highest BCUT2D eigenvalue weighted by atomic mass is 19.2. The van der Waals surface area contributed by atoms with Gasteiger partial charge in [0.15, 0.2) is 11.6 Å². The Hall–Kier alpha value is -1.49. The van der Waals surface area contributed by atoms with Crippen LogP contribution in [-0.2, 0) is 11.2 Å².